The Morgan fingerprint density at radius 3 is 2.54 bits per heavy atom. The molecule has 1 amide bonds. The highest BCUT2D eigenvalue weighted by Crippen LogP contribution is 2.33. The maximum Gasteiger partial charge on any atom is 0.267 e. The van der Waals surface area contributed by atoms with Gasteiger partial charge in [-0.1, -0.05) is 48.2 Å². The van der Waals surface area contributed by atoms with E-state index < -0.39 is 5.91 Å². The molecule has 138 valence electrons. The standard InChI is InChI=1S/C22H18N4OS/c1-16-8-7-13-21(25-16)24-15-17(14-23)22(27)26-19-11-5-6-12-20(19)28-18-9-3-2-4-10-18/h2-13,15H,1H3,(H,24,25)(H,26,27)/b17-15-. The summed E-state index contributed by atoms with van der Waals surface area (Å²) in [5.74, 6) is 0.0874. The number of nitrogens with one attached hydrogen (secondary N) is 2. The van der Waals surface area contributed by atoms with Crippen molar-refractivity contribution in [1.82, 2.24) is 4.98 Å². The fourth-order valence-corrected chi connectivity index (χ4v) is 3.30. The molecule has 6 heteroatoms. The number of carbonyl (C=O) groups is 1. The number of nitriles is 1. The highest BCUT2D eigenvalue weighted by Gasteiger charge is 2.12. The summed E-state index contributed by atoms with van der Waals surface area (Å²) in [7, 11) is 0. The third-order valence-electron chi connectivity index (χ3n) is 3.72. The zero-order chi connectivity index (χ0) is 19.8. The molecule has 2 aromatic carbocycles. The highest BCUT2D eigenvalue weighted by molar-refractivity contribution is 7.99. The molecule has 0 saturated heterocycles. The van der Waals surface area contributed by atoms with Gasteiger partial charge in [-0.25, -0.2) is 4.98 Å². The van der Waals surface area contributed by atoms with Crippen LogP contribution in [0.25, 0.3) is 0 Å². The largest absolute Gasteiger partial charge is 0.345 e. The third-order valence-corrected chi connectivity index (χ3v) is 4.81. The van der Waals surface area contributed by atoms with Crippen LogP contribution in [-0.4, -0.2) is 10.9 Å². The minimum absolute atomic E-state index is 0.0391. The molecular weight excluding hydrogens is 368 g/mol. The van der Waals surface area contributed by atoms with Crippen LogP contribution in [0.15, 0.2) is 94.4 Å². The first-order chi connectivity index (χ1) is 13.7. The summed E-state index contributed by atoms with van der Waals surface area (Å²) < 4.78 is 0. The molecule has 0 aliphatic rings. The van der Waals surface area contributed by atoms with Crippen molar-refractivity contribution < 1.29 is 4.79 Å². The molecule has 1 heterocycles. The summed E-state index contributed by atoms with van der Waals surface area (Å²) in [5, 5.41) is 15.1. The van der Waals surface area contributed by atoms with Crippen molar-refractivity contribution in [2.24, 2.45) is 0 Å². The third kappa shape index (κ3) is 5.22. The van der Waals surface area contributed by atoms with Crippen molar-refractivity contribution >= 4 is 29.2 Å². The minimum Gasteiger partial charge on any atom is -0.345 e. The lowest BCUT2D eigenvalue weighted by molar-refractivity contribution is -0.112. The number of aryl methyl sites for hydroxylation is 1. The zero-order valence-corrected chi connectivity index (χ0v) is 16.0. The Labute approximate surface area is 168 Å². The lowest BCUT2D eigenvalue weighted by atomic mass is 10.2. The SMILES string of the molecule is Cc1cccc(N/C=C(/C#N)C(=O)Nc2ccccc2Sc2ccccc2)n1. The molecule has 0 bridgehead atoms. The molecular formula is C22H18N4OS. The van der Waals surface area contributed by atoms with Gasteiger partial charge in [0.2, 0.25) is 0 Å². The molecule has 0 saturated carbocycles. The second kappa shape index (κ2) is 9.40. The van der Waals surface area contributed by atoms with Crippen LogP contribution < -0.4 is 10.6 Å². The smallest absolute Gasteiger partial charge is 0.267 e. The molecule has 0 radical (unpaired) electrons. The topological polar surface area (TPSA) is 77.8 Å². The second-order valence-electron chi connectivity index (χ2n) is 5.84. The van der Waals surface area contributed by atoms with E-state index in [-0.39, 0.29) is 5.57 Å². The van der Waals surface area contributed by atoms with Crippen LogP contribution in [0.2, 0.25) is 0 Å². The Hall–Kier alpha value is -3.56. The highest BCUT2D eigenvalue weighted by atomic mass is 32.2. The van der Waals surface area contributed by atoms with Crippen LogP contribution in [0.3, 0.4) is 0 Å². The lowest BCUT2D eigenvalue weighted by Gasteiger charge is -2.10. The van der Waals surface area contributed by atoms with Crippen LogP contribution in [-0.2, 0) is 4.79 Å². The van der Waals surface area contributed by atoms with Crippen LogP contribution in [0.1, 0.15) is 5.69 Å². The van der Waals surface area contributed by atoms with Gasteiger partial charge in [-0.05, 0) is 43.3 Å². The number of rotatable bonds is 6. The number of nitrogens with zero attached hydrogens (tertiary/aromatic N) is 2. The van der Waals surface area contributed by atoms with Gasteiger partial charge in [0.15, 0.2) is 0 Å². The number of carbonyl (C=O) groups excluding carboxylic acids is 1. The van der Waals surface area contributed by atoms with Crippen molar-refractivity contribution in [2.75, 3.05) is 10.6 Å². The van der Waals surface area contributed by atoms with E-state index >= 15 is 0 Å². The van der Waals surface area contributed by atoms with Gasteiger partial charge in [0.05, 0.1) is 5.69 Å². The van der Waals surface area contributed by atoms with Crippen molar-refractivity contribution in [3.05, 3.63) is 90.3 Å². The molecule has 0 aliphatic heterocycles. The van der Waals surface area contributed by atoms with Crippen LogP contribution in [0.5, 0.6) is 0 Å². The summed E-state index contributed by atoms with van der Waals surface area (Å²) in [6.07, 6.45) is 1.37. The number of hydrogen-bond donors (Lipinski definition) is 2. The van der Waals surface area contributed by atoms with E-state index in [2.05, 4.69) is 15.6 Å². The fraction of sp³-hybridized carbons (Fsp3) is 0.0455. The summed E-state index contributed by atoms with van der Waals surface area (Å²) in [6, 6.07) is 24.8. The first-order valence-electron chi connectivity index (χ1n) is 8.59. The van der Waals surface area contributed by atoms with E-state index in [1.54, 1.807) is 17.8 Å². The first-order valence-corrected chi connectivity index (χ1v) is 9.41. The minimum atomic E-state index is -0.483. The van der Waals surface area contributed by atoms with Gasteiger partial charge >= 0.3 is 0 Å². The molecule has 5 nitrogen and oxygen atoms in total. The molecule has 28 heavy (non-hydrogen) atoms. The first kappa shape index (κ1) is 19.2. The van der Waals surface area contributed by atoms with E-state index in [0.29, 0.717) is 11.5 Å². The molecule has 1 aromatic heterocycles. The van der Waals surface area contributed by atoms with Gasteiger partial charge in [-0.2, -0.15) is 5.26 Å². The van der Waals surface area contributed by atoms with Gasteiger partial charge in [0.25, 0.3) is 5.91 Å². The van der Waals surface area contributed by atoms with Crippen molar-refractivity contribution in [2.45, 2.75) is 16.7 Å². The van der Waals surface area contributed by atoms with Crippen molar-refractivity contribution in [1.29, 1.82) is 5.26 Å². The Kier molecular flexibility index (Phi) is 6.45. The number of aromatic nitrogens is 1. The number of benzene rings is 2. The second-order valence-corrected chi connectivity index (χ2v) is 6.96. The number of hydrogen-bond acceptors (Lipinski definition) is 5. The Morgan fingerprint density at radius 1 is 1.04 bits per heavy atom. The summed E-state index contributed by atoms with van der Waals surface area (Å²) >= 11 is 1.54. The summed E-state index contributed by atoms with van der Waals surface area (Å²) in [4.78, 5) is 18.8. The number of para-hydroxylation sites is 1. The quantitative estimate of drug-likeness (QED) is 0.460. The molecule has 3 aromatic rings. The predicted octanol–water partition coefficient (Wildman–Crippen LogP) is 5.00. The Morgan fingerprint density at radius 2 is 1.79 bits per heavy atom. The molecule has 2 N–H and O–H groups in total. The molecule has 0 unspecified atom stereocenters. The Balaban J connectivity index is 1.74. The predicted molar refractivity (Wildman–Crippen MR) is 112 cm³/mol. The number of amides is 1. The maximum atomic E-state index is 12.6. The number of anilines is 2. The molecule has 0 aliphatic carbocycles. The maximum absolute atomic E-state index is 12.6. The van der Waals surface area contributed by atoms with Crippen molar-refractivity contribution in [3.8, 4) is 6.07 Å². The van der Waals surface area contributed by atoms with Gasteiger partial charge in [-0.15, -0.1) is 0 Å². The van der Waals surface area contributed by atoms with E-state index in [1.165, 1.54) is 6.20 Å². The van der Waals surface area contributed by atoms with Gasteiger partial charge in [0.1, 0.15) is 17.5 Å². The molecule has 0 spiro atoms. The van der Waals surface area contributed by atoms with E-state index in [4.69, 9.17) is 0 Å². The molecule has 0 fully saturated rings. The average molecular weight is 386 g/mol. The monoisotopic (exact) mass is 386 g/mol. The molecule has 0 atom stereocenters. The van der Waals surface area contributed by atoms with E-state index in [0.717, 1.165) is 15.5 Å². The van der Waals surface area contributed by atoms with Crippen LogP contribution in [0, 0.1) is 18.3 Å². The van der Waals surface area contributed by atoms with Gasteiger partial charge in [0, 0.05) is 21.7 Å². The average Bonchev–Trinajstić information content (AvgIpc) is 2.71. The summed E-state index contributed by atoms with van der Waals surface area (Å²) in [6.45, 7) is 1.87. The van der Waals surface area contributed by atoms with E-state index in [9.17, 15) is 10.1 Å². The van der Waals surface area contributed by atoms with Gasteiger partial charge in [-0.3, -0.25) is 4.79 Å². The van der Waals surface area contributed by atoms with Crippen LogP contribution >= 0.6 is 11.8 Å². The number of pyridine rings is 1. The fourth-order valence-electron chi connectivity index (χ4n) is 2.38. The van der Waals surface area contributed by atoms with Crippen molar-refractivity contribution in [3.63, 3.8) is 0 Å². The lowest BCUT2D eigenvalue weighted by Crippen LogP contribution is -2.15. The Bertz CT molecular complexity index is 1040. The summed E-state index contributed by atoms with van der Waals surface area (Å²) in [5.41, 5.74) is 1.45. The normalized spacial score (nSPS) is 10.8. The zero-order valence-electron chi connectivity index (χ0n) is 15.2. The van der Waals surface area contributed by atoms with Crippen LogP contribution in [0.4, 0.5) is 11.5 Å². The van der Waals surface area contributed by atoms with E-state index in [1.807, 2.05) is 79.7 Å². The molecule has 3 rings (SSSR count). The van der Waals surface area contributed by atoms with Gasteiger partial charge < -0.3 is 10.6 Å².